The van der Waals surface area contributed by atoms with E-state index < -0.39 is 0 Å². The Kier molecular flexibility index (Phi) is 2.62. The van der Waals surface area contributed by atoms with Crippen molar-refractivity contribution in [2.45, 2.75) is 38.0 Å². The Balaban J connectivity index is 1.75. The second-order valence-corrected chi connectivity index (χ2v) is 6.03. The van der Waals surface area contributed by atoms with Crippen LogP contribution < -0.4 is 10.2 Å². The first-order valence-electron chi connectivity index (χ1n) is 7.50. The van der Waals surface area contributed by atoms with Gasteiger partial charge in [0, 0.05) is 19.5 Å². The van der Waals surface area contributed by atoms with E-state index in [2.05, 4.69) is 17.4 Å². The van der Waals surface area contributed by atoms with Gasteiger partial charge in [0.25, 0.3) is 0 Å². The van der Waals surface area contributed by atoms with Crippen molar-refractivity contribution in [2.75, 3.05) is 24.5 Å². The number of hydrogen-bond acceptors (Lipinski definition) is 2. The second-order valence-electron chi connectivity index (χ2n) is 6.03. The first kappa shape index (κ1) is 11.5. The van der Waals surface area contributed by atoms with Crippen molar-refractivity contribution in [3.63, 3.8) is 0 Å². The SMILES string of the molecule is O=C1CCc2cc(C3CCCNC3)cc3c2N1CC3. The van der Waals surface area contributed by atoms with Gasteiger partial charge < -0.3 is 10.2 Å². The van der Waals surface area contributed by atoms with Gasteiger partial charge in [-0.25, -0.2) is 0 Å². The molecule has 1 aromatic carbocycles. The summed E-state index contributed by atoms with van der Waals surface area (Å²) < 4.78 is 0. The Morgan fingerprint density at radius 3 is 2.79 bits per heavy atom. The van der Waals surface area contributed by atoms with Crippen LogP contribution in [0.25, 0.3) is 0 Å². The monoisotopic (exact) mass is 256 g/mol. The number of rotatable bonds is 1. The van der Waals surface area contributed by atoms with Gasteiger partial charge in [-0.05, 0) is 54.8 Å². The largest absolute Gasteiger partial charge is 0.316 e. The average Bonchev–Trinajstić information content (AvgIpc) is 2.89. The lowest BCUT2D eigenvalue weighted by molar-refractivity contribution is -0.118. The Hall–Kier alpha value is -1.35. The Morgan fingerprint density at radius 2 is 2.00 bits per heavy atom. The molecular formula is C16H20N2O. The van der Waals surface area contributed by atoms with E-state index in [0.29, 0.717) is 18.2 Å². The van der Waals surface area contributed by atoms with Gasteiger partial charge in [-0.1, -0.05) is 12.1 Å². The number of piperidine rings is 1. The maximum absolute atomic E-state index is 11.9. The highest BCUT2D eigenvalue weighted by molar-refractivity contribution is 5.98. The van der Waals surface area contributed by atoms with Crippen LogP contribution in [0, 0.1) is 0 Å². The lowest BCUT2D eigenvalue weighted by atomic mass is 9.87. The predicted octanol–water partition coefficient (Wildman–Crippen LogP) is 1.99. The summed E-state index contributed by atoms with van der Waals surface area (Å²) >= 11 is 0. The third-order valence-corrected chi connectivity index (χ3v) is 4.84. The third kappa shape index (κ3) is 1.79. The molecule has 1 atom stereocenters. The van der Waals surface area contributed by atoms with E-state index >= 15 is 0 Å². The number of amides is 1. The summed E-state index contributed by atoms with van der Waals surface area (Å²) in [5, 5.41) is 3.50. The summed E-state index contributed by atoms with van der Waals surface area (Å²) in [6.07, 6.45) is 5.25. The van der Waals surface area contributed by atoms with E-state index in [1.165, 1.54) is 35.2 Å². The maximum Gasteiger partial charge on any atom is 0.227 e. The third-order valence-electron chi connectivity index (χ3n) is 4.84. The highest BCUT2D eigenvalue weighted by atomic mass is 16.2. The number of carbonyl (C=O) groups is 1. The summed E-state index contributed by atoms with van der Waals surface area (Å²) in [6, 6.07) is 4.75. The first-order valence-corrected chi connectivity index (χ1v) is 7.50. The van der Waals surface area contributed by atoms with E-state index in [4.69, 9.17) is 0 Å². The van der Waals surface area contributed by atoms with Crippen LogP contribution in [-0.2, 0) is 17.6 Å². The highest BCUT2D eigenvalue weighted by Gasteiger charge is 2.32. The molecule has 0 radical (unpaired) electrons. The molecule has 3 heteroatoms. The summed E-state index contributed by atoms with van der Waals surface area (Å²) in [5.74, 6) is 0.986. The minimum Gasteiger partial charge on any atom is -0.316 e. The highest BCUT2D eigenvalue weighted by Crippen LogP contribution is 2.39. The van der Waals surface area contributed by atoms with Gasteiger partial charge in [-0.3, -0.25) is 4.79 Å². The van der Waals surface area contributed by atoms with Crippen LogP contribution in [0.3, 0.4) is 0 Å². The van der Waals surface area contributed by atoms with E-state index in [1.807, 2.05) is 4.90 Å². The zero-order chi connectivity index (χ0) is 12.8. The summed E-state index contributed by atoms with van der Waals surface area (Å²) in [5.41, 5.74) is 5.57. The van der Waals surface area contributed by atoms with Crippen LogP contribution in [0.4, 0.5) is 5.69 Å². The van der Waals surface area contributed by atoms with E-state index in [0.717, 1.165) is 32.5 Å². The topological polar surface area (TPSA) is 32.3 Å². The zero-order valence-electron chi connectivity index (χ0n) is 11.2. The standard InChI is InChI=1S/C16H20N2O/c19-15-4-3-11-8-14(13-2-1-6-17-10-13)9-12-5-7-18(15)16(11)12/h8-9,13,17H,1-7,10H2. The molecule has 0 bridgehead atoms. The fourth-order valence-electron chi connectivity index (χ4n) is 3.86. The molecule has 1 amide bonds. The average molecular weight is 256 g/mol. The number of carbonyl (C=O) groups excluding carboxylic acids is 1. The number of nitrogens with zero attached hydrogens (tertiary/aromatic N) is 1. The van der Waals surface area contributed by atoms with E-state index in [1.54, 1.807) is 0 Å². The zero-order valence-corrected chi connectivity index (χ0v) is 11.2. The van der Waals surface area contributed by atoms with Gasteiger partial charge in [0.15, 0.2) is 0 Å². The lowest BCUT2D eigenvalue weighted by Gasteiger charge is -2.28. The van der Waals surface area contributed by atoms with Crippen LogP contribution in [0.1, 0.15) is 41.9 Å². The molecular weight excluding hydrogens is 236 g/mol. The summed E-state index contributed by atoms with van der Waals surface area (Å²) in [4.78, 5) is 13.9. The molecule has 3 aliphatic rings. The fourth-order valence-corrected chi connectivity index (χ4v) is 3.86. The molecule has 100 valence electrons. The van der Waals surface area contributed by atoms with Crippen molar-refractivity contribution >= 4 is 11.6 Å². The van der Waals surface area contributed by atoms with Gasteiger partial charge in [-0.2, -0.15) is 0 Å². The molecule has 3 heterocycles. The number of benzene rings is 1. The van der Waals surface area contributed by atoms with E-state index in [-0.39, 0.29) is 0 Å². The van der Waals surface area contributed by atoms with Gasteiger partial charge in [0.1, 0.15) is 0 Å². The molecule has 19 heavy (non-hydrogen) atoms. The molecule has 0 aromatic heterocycles. The molecule has 1 fully saturated rings. The Labute approximate surface area is 114 Å². The van der Waals surface area contributed by atoms with Gasteiger partial charge >= 0.3 is 0 Å². The predicted molar refractivity (Wildman–Crippen MR) is 75.7 cm³/mol. The molecule has 1 unspecified atom stereocenters. The minimum atomic E-state index is 0.318. The van der Waals surface area contributed by atoms with Crippen molar-refractivity contribution in [1.29, 1.82) is 0 Å². The van der Waals surface area contributed by atoms with Crippen molar-refractivity contribution in [1.82, 2.24) is 5.32 Å². The Bertz CT molecular complexity index is 532. The normalized spacial score (nSPS) is 25.6. The molecule has 1 aromatic rings. The van der Waals surface area contributed by atoms with Gasteiger partial charge in [-0.15, -0.1) is 0 Å². The van der Waals surface area contributed by atoms with Crippen LogP contribution in [0.2, 0.25) is 0 Å². The van der Waals surface area contributed by atoms with Gasteiger partial charge in [0.05, 0.1) is 5.69 Å². The van der Waals surface area contributed by atoms with Crippen LogP contribution in [0.5, 0.6) is 0 Å². The molecule has 0 spiro atoms. The number of hydrogen-bond donors (Lipinski definition) is 1. The molecule has 1 N–H and O–H groups in total. The quantitative estimate of drug-likeness (QED) is 0.833. The lowest BCUT2D eigenvalue weighted by Crippen LogP contribution is -2.33. The van der Waals surface area contributed by atoms with Crippen LogP contribution in [0.15, 0.2) is 12.1 Å². The van der Waals surface area contributed by atoms with Crippen molar-refractivity contribution in [2.24, 2.45) is 0 Å². The second kappa shape index (κ2) is 4.34. The maximum atomic E-state index is 11.9. The molecule has 4 rings (SSSR count). The number of anilines is 1. The smallest absolute Gasteiger partial charge is 0.227 e. The van der Waals surface area contributed by atoms with Crippen LogP contribution in [-0.4, -0.2) is 25.5 Å². The summed E-state index contributed by atoms with van der Waals surface area (Å²) in [6.45, 7) is 3.17. The number of nitrogens with one attached hydrogen (secondary N) is 1. The van der Waals surface area contributed by atoms with Crippen molar-refractivity contribution in [3.8, 4) is 0 Å². The van der Waals surface area contributed by atoms with E-state index in [9.17, 15) is 4.79 Å². The Morgan fingerprint density at radius 1 is 1.16 bits per heavy atom. The molecule has 3 aliphatic heterocycles. The van der Waals surface area contributed by atoms with Crippen molar-refractivity contribution < 1.29 is 4.79 Å². The van der Waals surface area contributed by atoms with Gasteiger partial charge in [0.2, 0.25) is 5.91 Å². The minimum absolute atomic E-state index is 0.318. The summed E-state index contributed by atoms with van der Waals surface area (Å²) in [7, 11) is 0. The van der Waals surface area contributed by atoms with Crippen LogP contribution >= 0.6 is 0 Å². The molecule has 0 saturated carbocycles. The molecule has 1 saturated heterocycles. The fraction of sp³-hybridized carbons (Fsp3) is 0.562. The molecule has 3 nitrogen and oxygen atoms in total. The molecule has 0 aliphatic carbocycles. The van der Waals surface area contributed by atoms with Crippen molar-refractivity contribution in [3.05, 3.63) is 28.8 Å². The first-order chi connectivity index (χ1) is 9.33. The number of aryl methyl sites for hydroxylation is 1.